The summed E-state index contributed by atoms with van der Waals surface area (Å²) in [6, 6.07) is 7.55. The molecule has 21 heavy (non-hydrogen) atoms. The lowest BCUT2D eigenvalue weighted by molar-refractivity contribution is -0.143. The maximum absolute atomic E-state index is 12.3. The normalized spacial score (nSPS) is 18.5. The Morgan fingerprint density at radius 1 is 1.38 bits per heavy atom. The fourth-order valence-corrected chi connectivity index (χ4v) is 2.66. The van der Waals surface area contributed by atoms with Gasteiger partial charge in [0, 0.05) is 24.7 Å². The quantitative estimate of drug-likeness (QED) is 0.924. The molecule has 1 unspecified atom stereocenters. The van der Waals surface area contributed by atoms with Gasteiger partial charge in [-0.3, -0.25) is 4.79 Å². The average Bonchev–Trinajstić information content (AvgIpc) is 2.44. The van der Waals surface area contributed by atoms with Gasteiger partial charge in [0.25, 0.3) is 0 Å². The molecule has 1 aliphatic heterocycles. The van der Waals surface area contributed by atoms with Gasteiger partial charge in [0.15, 0.2) is 0 Å². The first-order valence-electron chi connectivity index (χ1n) is 7.12. The van der Waals surface area contributed by atoms with Crippen molar-refractivity contribution in [1.82, 2.24) is 5.32 Å². The third kappa shape index (κ3) is 3.97. The minimum Gasteiger partial charge on any atom is -0.312 e. The molecule has 0 saturated carbocycles. The van der Waals surface area contributed by atoms with Crippen LogP contribution in [0.2, 0.25) is 0 Å². The van der Waals surface area contributed by atoms with Crippen LogP contribution in [0.15, 0.2) is 24.3 Å². The maximum Gasteiger partial charge on any atom is 0.389 e. The Balaban J connectivity index is 2.15. The van der Waals surface area contributed by atoms with E-state index in [1.165, 1.54) is 4.90 Å². The van der Waals surface area contributed by atoms with Crippen LogP contribution in [-0.4, -0.2) is 25.2 Å². The fourth-order valence-electron chi connectivity index (χ4n) is 2.66. The van der Waals surface area contributed by atoms with Gasteiger partial charge in [0.1, 0.15) is 0 Å². The molecule has 0 fully saturated rings. The highest BCUT2D eigenvalue weighted by atomic mass is 19.4. The average molecular weight is 300 g/mol. The van der Waals surface area contributed by atoms with Crippen LogP contribution in [0.4, 0.5) is 18.9 Å². The van der Waals surface area contributed by atoms with Crippen molar-refractivity contribution >= 4 is 11.6 Å². The summed E-state index contributed by atoms with van der Waals surface area (Å²) in [5.41, 5.74) is 1.70. The number of rotatable bonds is 4. The van der Waals surface area contributed by atoms with Crippen LogP contribution in [0.3, 0.4) is 0 Å². The molecule has 6 heteroatoms. The van der Waals surface area contributed by atoms with Crippen LogP contribution in [0.1, 0.15) is 37.8 Å². The van der Waals surface area contributed by atoms with E-state index in [1.54, 1.807) is 12.1 Å². The second-order valence-corrected chi connectivity index (χ2v) is 5.12. The van der Waals surface area contributed by atoms with Crippen molar-refractivity contribution < 1.29 is 18.0 Å². The molecule has 116 valence electrons. The highest BCUT2D eigenvalue weighted by molar-refractivity contribution is 5.94. The summed E-state index contributed by atoms with van der Waals surface area (Å²) in [5.74, 6) is -0.463. The highest BCUT2D eigenvalue weighted by Crippen LogP contribution is 2.34. The van der Waals surface area contributed by atoms with Crippen molar-refractivity contribution in [3.63, 3.8) is 0 Å². The summed E-state index contributed by atoms with van der Waals surface area (Å²) in [6.07, 6.45) is -5.15. The third-order valence-electron chi connectivity index (χ3n) is 3.62. The number of hydrogen-bond donors (Lipinski definition) is 1. The van der Waals surface area contributed by atoms with Crippen LogP contribution in [-0.2, 0) is 4.79 Å². The van der Waals surface area contributed by atoms with E-state index in [1.807, 2.05) is 19.1 Å². The van der Waals surface area contributed by atoms with Gasteiger partial charge in [-0.25, -0.2) is 0 Å². The maximum atomic E-state index is 12.3. The summed E-state index contributed by atoms with van der Waals surface area (Å²) >= 11 is 0. The molecule has 0 spiro atoms. The van der Waals surface area contributed by atoms with Gasteiger partial charge in [-0.2, -0.15) is 13.2 Å². The molecule has 0 radical (unpaired) electrons. The van der Waals surface area contributed by atoms with Crippen molar-refractivity contribution in [2.45, 2.75) is 38.4 Å². The van der Waals surface area contributed by atoms with Crippen LogP contribution in [0.25, 0.3) is 0 Å². The molecule has 3 nitrogen and oxygen atoms in total. The number of halogens is 3. The number of carbonyl (C=O) groups excluding carboxylic acids is 1. The van der Waals surface area contributed by atoms with E-state index in [-0.39, 0.29) is 6.04 Å². The molecule has 0 aliphatic carbocycles. The first-order chi connectivity index (χ1) is 9.92. The molecule has 1 atom stereocenters. The predicted octanol–water partition coefficient (Wildman–Crippen LogP) is 3.42. The smallest absolute Gasteiger partial charge is 0.312 e. The minimum atomic E-state index is -4.29. The first kappa shape index (κ1) is 15.8. The van der Waals surface area contributed by atoms with Gasteiger partial charge in [0.2, 0.25) is 5.91 Å². The number of para-hydroxylation sites is 1. The number of carbonyl (C=O) groups is 1. The largest absolute Gasteiger partial charge is 0.389 e. The lowest BCUT2D eigenvalue weighted by Gasteiger charge is -2.34. The molecular formula is C15H19F3N2O. The van der Waals surface area contributed by atoms with E-state index in [9.17, 15) is 18.0 Å². The lowest BCUT2D eigenvalue weighted by Crippen LogP contribution is -2.40. The monoisotopic (exact) mass is 300 g/mol. The van der Waals surface area contributed by atoms with Crippen molar-refractivity contribution in [2.24, 2.45) is 0 Å². The zero-order chi connectivity index (χ0) is 15.5. The summed E-state index contributed by atoms with van der Waals surface area (Å²) in [5, 5.41) is 3.34. The van der Waals surface area contributed by atoms with E-state index in [2.05, 4.69) is 5.32 Å². The van der Waals surface area contributed by atoms with Crippen molar-refractivity contribution in [1.29, 1.82) is 0 Å². The number of nitrogens with one attached hydrogen (secondary N) is 1. The number of anilines is 1. The SMILES string of the molecule is CCNC1CCN(C(=O)CCC(F)(F)F)c2ccccc21. The Bertz CT molecular complexity index is 502. The molecule has 0 aromatic heterocycles. The number of alkyl halides is 3. The van der Waals surface area contributed by atoms with Crippen molar-refractivity contribution in [3.05, 3.63) is 29.8 Å². The summed E-state index contributed by atoms with van der Waals surface area (Å²) in [4.78, 5) is 13.6. The topological polar surface area (TPSA) is 32.3 Å². The number of nitrogens with zero attached hydrogens (tertiary/aromatic N) is 1. The number of benzene rings is 1. The molecular weight excluding hydrogens is 281 g/mol. The molecule has 2 rings (SSSR count). The Kier molecular flexibility index (Phi) is 4.88. The van der Waals surface area contributed by atoms with E-state index >= 15 is 0 Å². The van der Waals surface area contributed by atoms with E-state index in [4.69, 9.17) is 0 Å². The molecule has 0 saturated heterocycles. The second kappa shape index (κ2) is 6.47. The van der Waals surface area contributed by atoms with Gasteiger partial charge in [-0.05, 0) is 24.6 Å². The second-order valence-electron chi connectivity index (χ2n) is 5.12. The van der Waals surface area contributed by atoms with Gasteiger partial charge < -0.3 is 10.2 Å². The number of amides is 1. The zero-order valence-corrected chi connectivity index (χ0v) is 11.9. The van der Waals surface area contributed by atoms with Crippen molar-refractivity contribution in [3.8, 4) is 0 Å². The molecule has 1 aromatic carbocycles. The van der Waals surface area contributed by atoms with Crippen LogP contribution in [0, 0.1) is 0 Å². The Hall–Kier alpha value is -1.56. The van der Waals surface area contributed by atoms with Crippen molar-refractivity contribution in [2.75, 3.05) is 18.0 Å². The zero-order valence-electron chi connectivity index (χ0n) is 11.9. The predicted molar refractivity (Wildman–Crippen MR) is 75.1 cm³/mol. The Morgan fingerprint density at radius 2 is 2.10 bits per heavy atom. The summed E-state index contributed by atoms with van der Waals surface area (Å²) in [6.45, 7) is 3.26. The molecule has 1 aliphatic rings. The van der Waals surface area contributed by atoms with E-state index in [0.29, 0.717) is 13.0 Å². The van der Waals surface area contributed by atoms with Gasteiger partial charge in [0.05, 0.1) is 6.42 Å². The minimum absolute atomic E-state index is 0.151. The molecule has 0 bridgehead atoms. The number of fused-ring (bicyclic) bond motifs is 1. The van der Waals surface area contributed by atoms with E-state index in [0.717, 1.165) is 17.8 Å². The lowest BCUT2D eigenvalue weighted by atomic mass is 9.96. The van der Waals surface area contributed by atoms with Crippen LogP contribution in [0.5, 0.6) is 0 Å². The highest BCUT2D eigenvalue weighted by Gasteiger charge is 2.32. The standard InChI is InChI=1S/C15H19F3N2O/c1-2-19-12-8-10-20(13-6-4-3-5-11(12)13)14(21)7-9-15(16,17)18/h3-6,12,19H,2,7-10H2,1H3. The molecule has 1 N–H and O–H groups in total. The first-order valence-corrected chi connectivity index (χ1v) is 7.12. The fraction of sp³-hybridized carbons (Fsp3) is 0.533. The Labute approximate surface area is 122 Å². The molecule has 1 amide bonds. The molecule has 1 heterocycles. The van der Waals surface area contributed by atoms with E-state index < -0.39 is 24.9 Å². The van der Waals surface area contributed by atoms with Crippen LogP contribution >= 0.6 is 0 Å². The summed E-state index contributed by atoms with van der Waals surface area (Å²) in [7, 11) is 0. The number of hydrogen-bond acceptors (Lipinski definition) is 2. The molecule has 1 aromatic rings. The Morgan fingerprint density at radius 3 is 2.76 bits per heavy atom. The van der Waals surface area contributed by atoms with Crippen LogP contribution < -0.4 is 10.2 Å². The summed E-state index contributed by atoms with van der Waals surface area (Å²) < 4.78 is 36.8. The van der Waals surface area contributed by atoms with Gasteiger partial charge >= 0.3 is 6.18 Å². The van der Waals surface area contributed by atoms with Gasteiger partial charge in [-0.15, -0.1) is 0 Å². The third-order valence-corrected chi connectivity index (χ3v) is 3.62. The van der Waals surface area contributed by atoms with Gasteiger partial charge in [-0.1, -0.05) is 25.1 Å².